The Morgan fingerprint density at radius 1 is 0.886 bits per heavy atom. The fourth-order valence-electron chi connectivity index (χ4n) is 4.35. The third-order valence-electron chi connectivity index (χ3n) is 6.24. The van der Waals surface area contributed by atoms with Gasteiger partial charge in [-0.05, 0) is 50.1 Å². The van der Waals surface area contributed by atoms with Crippen molar-refractivity contribution in [3.05, 3.63) is 42.0 Å². The van der Waals surface area contributed by atoms with Crippen molar-refractivity contribution in [1.82, 2.24) is 10.2 Å². The second-order valence-electron chi connectivity index (χ2n) is 8.79. The zero-order chi connectivity index (χ0) is 25.8. The predicted molar refractivity (Wildman–Crippen MR) is 131 cm³/mol. The fourth-order valence-corrected chi connectivity index (χ4v) is 4.35. The van der Waals surface area contributed by atoms with Crippen LogP contribution in [0.2, 0.25) is 0 Å². The Kier molecular flexibility index (Phi) is 10.7. The maximum absolute atomic E-state index is 12.6. The number of nitrogens with one attached hydrogen (secondary N) is 1. The highest BCUT2D eigenvalue weighted by atomic mass is 16.4. The van der Waals surface area contributed by atoms with Gasteiger partial charge in [-0.3, -0.25) is 9.69 Å². The first-order chi connectivity index (χ1) is 16.7. The number of hydrogen-bond donors (Lipinski definition) is 4. The van der Waals surface area contributed by atoms with E-state index in [1.54, 1.807) is 0 Å². The summed E-state index contributed by atoms with van der Waals surface area (Å²) >= 11 is 0. The molecule has 1 amide bonds. The van der Waals surface area contributed by atoms with Crippen molar-refractivity contribution in [2.75, 3.05) is 37.6 Å². The van der Waals surface area contributed by atoms with Gasteiger partial charge in [0.25, 0.3) is 5.91 Å². The summed E-state index contributed by atoms with van der Waals surface area (Å²) in [6, 6.07) is 7.56. The molecule has 0 unspecified atom stereocenters. The number of carbonyl (C=O) groups is 4. The van der Waals surface area contributed by atoms with Gasteiger partial charge in [-0.2, -0.15) is 0 Å². The highest BCUT2D eigenvalue weighted by Gasteiger charge is 2.41. The lowest BCUT2D eigenvalue weighted by molar-refractivity contribution is -0.146. The van der Waals surface area contributed by atoms with Gasteiger partial charge in [-0.15, -0.1) is 0 Å². The van der Waals surface area contributed by atoms with Crippen molar-refractivity contribution in [2.45, 2.75) is 51.0 Å². The van der Waals surface area contributed by atoms with Gasteiger partial charge in [0.05, 0.1) is 0 Å². The Hall–Kier alpha value is -3.40. The molecule has 1 heterocycles. The average molecular weight is 490 g/mol. The molecule has 192 valence electrons. The van der Waals surface area contributed by atoms with Gasteiger partial charge in [0.1, 0.15) is 5.54 Å². The molecule has 10 nitrogen and oxygen atoms in total. The molecule has 1 saturated carbocycles. The number of piperazine rings is 1. The average Bonchev–Trinajstić information content (AvgIpc) is 2.84. The van der Waals surface area contributed by atoms with Gasteiger partial charge in [0.2, 0.25) is 0 Å². The van der Waals surface area contributed by atoms with E-state index in [1.807, 2.05) is 24.3 Å². The molecule has 1 aromatic rings. The monoisotopic (exact) mass is 489 g/mol. The highest BCUT2D eigenvalue weighted by Crippen LogP contribution is 2.29. The third kappa shape index (κ3) is 8.71. The minimum atomic E-state index is -1.26. The molecular weight excluding hydrogens is 454 g/mol. The van der Waals surface area contributed by atoms with E-state index in [0.717, 1.165) is 57.7 Å². The minimum Gasteiger partial charge on any atom is -0.480 e. The quantitative estimate of drug-likeness (QED) is 0.404. The summed E-state index contributed by atoms with van der Waals surface area (Å²) in [4.78, 5) is 48.3. The number of aliphatic carboxylic acids is 3. The number of anilines is 1. The topological polar surface area (TPSA) is 147 Å². The van der Waals surface area contributed by atoms with Crippen molar-refractivity contribution in [3.63, 3.8) is 0 Å². The first-order valence-corrected chi connectivity index (χ1v) is 11.9. The highest BCUT2D eigenvalue weighted by molar-refractivity contribution is 5.98. The summed E-state index contributed by atoms with van der Waals surface area (Å²) in [5, 5.41) is 28.1. The first-order valence-electron chi connectivity index (χ1n) is 11.9. The van der Waals surface area contributed by atoms with E-state index < -0.39 is 23.4 Å². The molecule has 0 aromatic heterocycles. The molecule has 1 saturated heterocycles. The zero-order valence-electron chi connectivity index (χ0n) is 20.1. The molecule has 10 heteroatoms. The summed E-state index contributed by atoms with van der Waals surface area (Å²) in [6.07, 6.45) is 6.03. The van der Waals surface area contributed by atoms with Crippen molar-refractivity contribution in [2.24, 2.45) is 0 Å². The largest absolute Gasteiger partial charge is 0.480 e. The van der Waals surface area contributed by atoms with Crippen LogP contribution in [0.25, 0.3) is 0 Å². The van der Waals surface area contributed by atoms with E-state index in [-0.39, 0.29) is 5.91 Å². The van der Waals surface area contributed by atoms with E-state index in [1.165, 1.54) is 6.42 Å². The van der Waals surface area contributed by atoms with Gasteiger partial charge >= 0.3 is 17.9 Å². The van der Waals surface area contributed by atoms with Crippen LogP contribution in [0.1, 0.15) is 55.8 Å². The molecule has 35 heavy (non-hydrogen) atoms. The van der Waals surface area contributed by atoms with E-state index in [4.69, 9.17) is 10.2 Å². The molecule has 2 aliphatic rings. The van der Waals surface area contributed by atoms with Crippen LogP contribution in [0.15, 0.2) is 36.4 Å². The van der Waals surface area contributed by atoms with Crippen molar-refractivity contribution < 1.29 is 34.5 Å². The first kappa shape index (κ1) is 27.8. The van der Waals surface area contributed by atoms with Gasteiger partial charge in [0.15, 0.2) is 0 Å². The van der Waals surface area contributed by atoms with Crippen LogP contribution in [0.3, 0.4) is 0 Å². The Bertz CT molecular complexity index is 884. The number of amides is 1. The van der Waals surface area contributed by atoms with Crippen molar-refractivity contribution >= 4 is 29.5 Å². The molecule has 1 aromatic carbocycles. The fraction of sp³-hybridized carbons (Fsp3) is 0.520. The van der Waals surface area contributed by atoms with Crippen LogP contribution in [0.4, 0.5) is 5.69 Å². The predicted octanol–water partition coefficient (Wildman–Crippen LogP) is 2.45. The van der Waals surface area contributed by atoms with Gasteiger partial charge in [-0.25, -0.2) is 14.4 Å². The van der Waals surface area contributed by atoms with Crippen molar-refractivity contribution in [3.8, 4) is 0 Å². The molecular formula is C25H35N3O7. The Morgan fingerprint density at radius 3 is 1.89 bits per heavy atom. The standard InChI is InChI=1S/C21H31N3O3.C4H4O4/c1-2-12-23-13-15-24(16-14-23)18-8-6-17(7-9-18)19(25)22-21(20(26)27)10-4-3-5-11-21;5-3(6)1-2-4(7)8/h6-9H,2-5,10-16H2,1H3,(H,22,25)(H,26,27);1-2H,(H,5,6)(H,7,8). The van der Waals surface area contributed by atoms with E-state index in [9.17, 15) is 24.3 Å². The molecule has 4 N–H and O–H groups in total. The van der Waals surface area contributed by atoms with Crippen LogP contribution in [0, 0.1) is 0 Å². The number of benzene rings is 1. The Labute approximate surface area is 205 Å². The lowest BCUT2D eigenvalue weighted by Gasteiger charge is -2.36. The SMILES string of the molecule is CCCN1CCN(c2ccc(C(=O)NC3(C(=O)O)CCCCC3)cc2)CC1.O=C(O)C=CC(=O)O. The molecule has 1 aliphatic carbocycles. The molecule has 0 atom stereocenters. The lowest BCUT2D eigenvalue weighted by atomic mass is 9.81. The summed E-state index contributed by atoms with van der Waals surface area (Å²) < 4.78 is 0. The van der Waals surface area contributed by atoms with Crippen LogP contribution in [-0.4, -0.2) is 82.3 Å². The van der Waals surface area contributed by atoms with E-state index >= 15 is 0 Å². The molecule has 1 aliphatic heterocycles. The molecule has 2 fully saturated rings. The van der Waals surface area contributed by atoms with Crippen molar-refractivity contribution in [1.29, 1.82) is 0 Å². The van der Waals surface area contributed by atoms with E-state index in [2.05, 4.69) is 22.0 Å². The maximum atomic E-state index is 12.6. The molecule has 0 spiro atoms. The minimum absolute atomic E-state index is 0.293. The van der Waals surface area contributed by atoms with Crippen LogP contribution in [0.5, 0.6) is 0 Å². The van der Waals surface area contributed by atoms with Crippen LogP contribution in [-0.2, 0) is 14.4 Å². The normalized spacial score (nSPS) is 17.8. The Morgan fingerprint density at radius 2 is 1.43 bits per heavy atom. The lowest BCUT2D eigenvalue weighted by Crippen LogP contribution is -2.55. The number of rotatable bonds is 8. The number of carboxylic acid groups (broad SMARTS) is 3. The van der Waals surface area contributed by atoms with Gasteiger partial charge < -0.3 is 25.5 Å². The number of carboxylic acids is 3. The summed E-state index contributed by atoms with van der Waals surface area (Å²) in [6.45, 7) is 7.48. The maximum Gasteiger partial charge on any atom is 0.329 e. The summed E-state index contributed by atoms with van der Waals surface area (Å²) in [5.41, 5.74) is 0.534. The van der Waals surface area contributed by atoms with Gasteiger partial charge in [-0.1, -0.05) is 26.2 Å². The summed E-state index contributed by atoms with van der Waals surface area (Å²) in [5.74, 6) is -3.73. The van der Waals surface area contributed by atoms with E-state index in [0.29, 0.717) is 30.6 Å². The van der Waals surface area contributed by atoms with Crippen LogP contribution < -0.4 is 10.2 Å². The van der Waals surface area contributed by atoms with Crippen LogP contribution >= 0.6 is 0 Å². The molecule has 3 rings (SSSR count). The van der Waals surface area contributed by atoms with Gasteiger partial charge in [0, 0.05) is 49.6 Å². The number of hydrogen-bond acceptors (Lipinski definition) is 6. The third-order valence-corrected chi connectivity index (χ3v) is 6.24. The zero-order valence-corrected chi connectivity index (χ0v) is 20.1. The number of nitrogens with zero attached hydrogens (tertiary/aromatic N) is 2. The summed E-state index contributed by atoms with van der Waals surface area (Å²) in [7, 11) is 0. The second-order valence-corrected chi connectivity index (χ2v) is 8.79. The second kappa shape index (κ2) is 13.5. The molecule has 0 radical (unpaired) electrons. The molecule has 0 bridgehead atoms. The smallest absolute Gasteiger partial charge is 0.329 e. The number of carbonyl (C=O) groups excluding carboxylic acids is 1. The Balaban J connectivity index is 0.000000466.